The predicted molar refractivity (Wildman–Crippen MR) is 12.2 cm³/mol. The maximum absolute atomic E-state index is 0. The van der Waals surface area contributed by atoms with Gasteiger partial charge in [0.2, 0.25) is 0 Å². The van der Waals surface area contributed by atoms with Gasteiger partial charge in [-0.2, -0.15) is 0 Å². The Morgan fingerprint density at radius 2 is 1.00 bits per heavy atom. The van der Waals surface area contributed by atoms with E-state index in [1.165, 1.54) is 0 Å². The zero-order valence-electron chi connectivity index (χ0n) is 2.62. The summed E-state index contributed by atoms with van der Waals surface area (Å²) in [6.45, 7) is 0. The molecule has 0 aliphatic rings. The molecule has 0 unspecified atom stereocenters. The van der Waals surface area contributed by atoms with Crippen LogP contribution in [0.3, 0.4) is 0 Å². The van der Waals surface area contributed by atoms with E-state index in [9.17, 15) is 0 Å². The van der Waals surface area contributed by atoms with Crippen molar-refractivity contribution in [2.45, 2.75) is 0 Å². The number of rotatable bonds is 0. The average molecular weight is 172 g/mol. The van der Waals surface area contributed by atoms with Crippen LogP contribution >= 0.6 is 0 Å². The summed E-state index contributed by atoms with van der Waals surface area (Å²) in [6.07, 6.45) is 0. The molecule has 0 spiro atoms. The molecule has 0 atom stereocenters. The Bertz CT molecular complexity index is 11.6. The van der Waals surface area contributed by atoms with Gasteiger partial charge in [-0.05, 0) is 0 Å². The molecule has 1 nitrogen and oxygen atoms in total. The quantitative estimate of drug-likeness (QED) is 0.425. The predicted octanol–water partition coefficient (Wildman–Crippen LogP) is -0.885. The minimum atomic E-state index is 0. The van der Waals surface area contributed by atoms with Crippen LogP contribution in [-0.4, -0.2) is 36.2 Å². The molecule has 0 bridgehead atoms. The zero-order chi connectivity index (χ0) is 0. The van der Waals surface area contributed by atoms with Crippen LogP contribution in [0.25, 0.3) is 0 Å². The Balaban J connectivity index is 0. The molecule has 0 amide bonds. The van der Waals surface area contributed by atoms with Crippen molar-refractivity contribution >= 4 is 36.2 Å². The first-order valence-corrected chi connectivity index (χ1v) is 0. The second-order valence-corrected chi connectivity index (χ2v) is 0. The molecule has 0 aliphatic carbocycles. The van der Waals surface area contributed by atoms with Crippen LogP contribution < -0.4 is 0 Å². The molecule has 5 heteroatoms. The Kier molecular flexibility index (Phi) is 425. The van der Waals surface area contributed by atoms with Crippen molar-refractivity contribution in [2.75, 3.05) is 0 Å². The van der Waals surface area contributed by atoms with Crippen molar-refractivity contribution in [3.63, 3.8) is 0 Å². The van der Waals surface area contributed by atoms with E-state index in [4.69, 9.17) is 0 Å². The van der Waals surface area contributed by atoms with E-state index in [0.717, 1.165) is 0 Å². The van der Waals surface area contributed by atoms with Crippen molar-refractivity contribution in [2.24, 2.45) is 0 Å². The molecule has 5 heavy (non-hydrogen) atoms. The standard InChI is InChI=1S/Al.Co.Cu.Li.O. The van der Waals surface area contributed by atoms with Crippen molar-refractivity contribution < 1.29 is 39.3 Å². The SMILES string of the molecule is [Al].[Co].[Cu].[Li].[O]. The van der Waals surface area contributed by atoms with Gasteiger partial charge in [0.25, 0.3) is 0 Å². The van der Waals surface area contributed by atoms with Crippen molar-refractivity contribution in [3.05, 3.63) is 0 Å². The maximum Gasteiger partial charge on any atom is 0 e. The molecule has 0 N–H and O–H groups in total. The second kappa shape index (κ2) is 35.8. The van der Waals surface area contributed by atoms with E-state index in [2.05, 4.69) is 0 Å². The van der Waals surface area contributed by atoms with Crippen LogP contribution in [0.2, 0.25) is 0 Å². The Morgan fingerprint density at radius 3 is 1.00 bits per heavy atom. The molecule has 0 saturated carbocycles. The summed E-state index contributed by atoms with van der Waals surface area (Å²) in [4.78, 5) is 0. The van der Waals surface area contributed by atoms with Crippen LogP contribution in [0.1, 0.15) is 0 Å². The third kappa shape index (κ3) is 23.1. The molecule has 0 rings (SSSR count). The van der Waals surface area contributed by atoms with Gasteiger partial charge in [0.1, 0.15) is 0 Å². The van der Waals surface area contributed by atoms with Crippen LogP contribution in [-0.2, 0) is 39.3 Å². The fourth-order valence-electron chi connectivity index (χ4n) is 0. The minimum absolute atomic E-state index is 0. The summed E-state index contributed by atoms with van der Waals surface area (Å²) in [7, 11) is 0. The van der Waals surface area contributed by atoms with Gasteiger partial charge in [-0.25, -0.2) is 0 Å². The summed E-state index contributed by atoms with van der Waals surface area (Å²) in [5.41, 5.74) is 0. The van der Waals surface area contributed by atoms with Gasteiger partial charge >= 0.3 is 0 Å². The van der Waals surface area contributed by atoms with Gasteiger partial charge in [-0.1, -0.05) is 0 Å². The first-order valence-electron chi connectivity index (χ1n) is 0. The van der Waals surface area contributed by atoms with Gasteiger partial charge < -0.3 is 0 Å². The Hall–Kier alpha value is 2.12. The summed E-state index contributed by atoms with van der Waals surface area (Å²) >= 11 is 0. The molecule has 30 valence electrons. The van der Waals surface area contributed by atoms with E-state index < -0.39 is 0 Å². The van der Waals surface area contributed by atoms with Crippen molar-refractivity contribution in [3.8, 4) is 0 Å². The van der Waals surface area contributed by atoms with E-state index >= 15 is 0 Å². The third-order valence-electron chi connectivity index (χ3n) is 0. The van der Waals surface area contributed by atoms with Gasteiger partial charge in [0, 0.05) is 75.5 Å². The second-order valence-electron chi connectivity index (χ2n) is 0. The normalized spacial score (nSPS) is 0. The molecular weight excluding hydrogens is 172 g/mol. The van der Waals surface area contributed by atoms with Gasteiger partial charge in [-0.15, -0.1) is 0 Å². The molecule has 0 heterocycles. The summed E-state index contributed by atoms with van der Waals surface area (Å²) in [5, 5.41) is 0. The summed E-state index contributed by atoms with van der Waals surface area (Å²) in [5.74, 6) is 0. The summed E-state index contributed by atoms with van der Waals surface area (Å²) < 4.78 is 0. The van der Waals surface area contributed by atoms with Crippen molar-refractivity contribution in [1.82, 2.24) is 0 Å². The zero-order valence-corrected chi connectivity index (χ0v) is 5.76. The van der Waals surface area contributed by atoms with E-state index in [0.29, 0.717) is 0 Å². The van der Waals surface area contributed by atoms with Crippen LogP contribution in [0.4, 0.5) is 0 Å². The Labute approximate surface area is 74.9 Å². The monoisotopic (exact) mass is 172 g/mol. The summed E-state index contributed by atoms with van der Waals surface area (Å²) in [6, 6.07) is 0. The van der Waals surface area contributed by atoms with Gasteiger partial charge in [0.05, 0.1) is 0 Å². The van der Waals surface area contributed by atoms with E-state index in [-0.39, 0.29) is 75.5 Å². The van der Waals surface area contributed by atoms with E-state index in [1.807, 2.05) is 0 Å². The van der Waals surface area contributed by atoms with E-state index in [1.54, 1.807) is 0 Å². The minimum Gasteiger partial charge on any atom is 0 e. The first-order chi connectivity index (χ1) is 0. The van der Waals surface area contributed by atoms with Crippen LogP contribution in [0.15, 0.2) is 0 Å². The van der Waals surface area contributed by atoms with Gasteiger partial charge in [0.15, 0.2) is 0 Å². The number of hydrogen-bond acceptors (Lipinski definition) is 0. The largest absolute Gasteiger partial charge is 0 e. The molecule has 0 saturated heterocycles. The van der Waals surface area contributed by atoms with Crippen LogP contribution in [0.5, 0.6) is 0 Å². The topological polar surface area (TPSA) is 28.5 Å². The molecule has 0 aromatic carbocycles. The molecule has 8 radical (unpaired) electrons. The van der Waals surface area contributed by atoms with Crippen LogP contribution in [0, 0.1) is 0 Å². The molecule has 0 aromatic heterocycles. The van der Waals surface area contributed by atoms with Crippen molar-refractivity contribution in [1.29, 1.82) is 0 Å². The smallest absolute Gasteiger partial charge is 0 e. The molecule has 0 aliphatic heterocycles. The Morgan fingerprint density at radius 1 is 1.00 bits per heavy atom. The third-order valence-corrected chi connectivity index (χ3v) is 0. The molecule has 0 fully saturated rings. The molecule has 0 aromatic rings. The number of hydrogen-bond donors (Lipinski definition) is 0. The fourth-order valence-corrected chi connectivity index (χ4v) is 0. The maximum atomic E-state index is 0. The van der Waals surface area contributed by atoms with Gasteiger partial charge in [-0.3, -0.25) is 0 Å². The fraction of sp³-hybridized carbons (Fsp3) is 0. The first kappa shape index (κ1) is 59.5. The average Bonchev–Trinajstić information content (AvgIpc) is 0. The molecular formula is AlCoCuLiO.